The van der Waals surface area contributed by atoms with E-state index in [1.54, 1.807) is 0 Å². The van der Waals surface area contributed by atoms with Crippen molar-refractivity contribution in [3.63, 3.8) is 0 Å². The molecule has 0 aromatic rings. The summed E-state index contributed by atoms with van der Waals surface area (Å²) >= 11 is 11.5. The van der Waals surface area contributed by atoms with E-state index in [0.717, 1.165) is 6.42 Å². The Labute approximate surface area is 92.8 Å². The molecule has 0 fully saturated rings. The Balaban J connectivity index is 0. The molecule has 1 aliphatic rings. The van der Waals surface area contributed by atoms with Crippen LogP contribution in [0.2, 0.25) is 0 Å². The Morgan fingerprint density at radius 1 is 1.33 bits per heavy atom. The fourth-order valence-electron chi connectivity index (χ4n) is 0.436. The molecule has 1 aliphatic carbocycles. The van der Waals surface area contributed by atoms with Crippen LogP contribution in [0.5, 0.6) is 0 Å². The van der Waals surface area contributed by atoms with Gasteiger partial charge in [-0.3, -0.25) is 8.58 Å². The zero-order valence-corrected chi connectivity index (χ0v) is 9.87. The number of allylic oxidation sites excluding steroid dienone is 4. The monoisotopic (exact) mass is 248 g/mol. The molecule has 0 radical (unpaired) electrons. The molecule has 5 heteroatoms. The summed E-state index contributed by atoms with van der Waals surface area (Å²) in [5.74, 6) is 0. The molecule has 0 N–H and O–H groups in total. The standard InChI is InChI=1S/C5H5.2CH3ClO.V/c1-2-4-5-3-1;2*1-3-2;/h1-3H,4H2;2*1H3;. The molecule has 2 nitrogen and oxygen atoms in total. The summed E-state index contributed by atoms with van der Waals surface area (Å²) in [6, 6.07) is 0. The average Bonchev–Trinajstić information content (AvgIpc) is 2.43. The van der Waals surface area contributed by atoms with Crippen LogP contribution in [0.25, 0.3) is 0 Å². The summed E-state index contributed by atoms with van der Waals surface area (Å²) in [5.41, 5.74) is 0. The molecule has 0 heterocycles. The van der Waals surface area contributed by atoms with Crippen molar-refractivity contribution in [3.05, 3.63) is 22.5 Å². The molecule has 0 amide bonds. The molecule has 12 heavy (non-hydrogen) atoms. The van der Waals surface area contributed by atoms with Gasteiger partial charge in [0.05, 0.1) is 38.0 Å². The van der Waals surface area contributed by atoms with Crippen LogP contribution >= 0.6 is 23.7 Å². The molecule has 0 unspecified atom stereocenters. The molecule has 1 rings (SSSR count). The first-order chi connectivity index (χ1) is 5.72. The van der Waals surface area contributed by atoms with Crippen molar-refractivity contribution in [3.8, 4) is 0 Å². The van der Waals surface area contributed by atoms with Crippen LogP contribution in [0.15, 0.2) is 22.5 Å². The van der Waals surface area contributed by atoms with E-state index in [0.29, 0.717) is 0 Å². The summed E-state index contributed by atoms with van der Waals surface area (Å²) in [4.78, 5) is 0. The van der Waals surface area contributed by atoms with Crippen LogP contribution in [0.4, 0.5) is 0 Å². The molecule has 0 atom stereocenters. The van der Waals surface area contributed by atoms with E-state index < -0.39 is 0 Å². The van der Waals surface area contributed by atoms with E-state index >= 15 is 0 Å². The second kappa shape index (κ2) is 14.1. The van der Waals surface area contributed by atoms with Gasteiger partial charge in [0.1, 0.15) is 0 Å². The van der Waals surface area contributed by atoms with Gasteiger partial charge in [-0.05, 0) is 0 Å². The van der Waals surface area contributed by atoms with E-state index in [4.69, 9.17) is 0 Å². The van der Waals surface area contributed by atoms with E-state index in [9.17, 15) is 0 Å². The van der Waals surface area contributed by atoms with Gasteiger partial charge in [-0.15, -0.1) is 0 Å². The second-order valence-electron chi connectivity index (χ2n) is 1.60. The molecular formula is C7H11Cl2O2V. The predicted molar refractivity (Wildman–Crippen MR) is 47.6 cm³/mol. The summed E-state index contributed by atoms with van der Waals surface area (Å²) in [5, 5.41) is 0. The number of halogens is 2. The van der Waals surface area contributed by atoms with Gasteiger partial charge in [0.15, 0.2) is 0 Å². The third-order valence-electron chi connectivity index (χ3n) is 0.752. The number of hydrogen-bond donors (Lipinski definition) is 0. The van der Waals surface area contributed by atoms with Gasteiger partial charge in [-0.1, -0.05) is 0 Å². The Kier molecular flexibility index (Phi) is 17.7. The summed E-state index contributed by atoms with van der Waals surface area (Å²) in [7, 11) is 2.78. The van der Waals surface area contributed by atoms with Crippen molar-refractivity contribution in [2.45, 2.75) is 6.42 Å². The van der Waals surface area contributed by atoms with E-state index in [2.05, 4.69) is 68.0 Å². The fraction of sp³-hybridized carbons (Fsp3) is 0.429. The second-order valence-corrected chi connectivity index (χ2v) is 3.11. The average molecular weight is 249 g/mol. The first kappa shape index (κ1) is 15.1. The zero-order chi connectivity index (χ0) is 9.82. The molecule has 0 bridgehead atoms. The normalized spacial score (nSPS) is 12.2. The third kappa shape index (κ3) is 16.9. The van der Waals surface area contributed by atoms with Crippen LogP contribution in [0.3, 0.4) is 0 Å². The van der Waals surface area contributed by atoms with E-state index in [1.165, 1.54) is 18.5 Å². The van der Waals surface area contributed by atoms with Gasteiger partial charge in [0.25, 0.3) is 0 Å². The van der Waals surface area contributed by atoms with Crippen molar-refractivity contribution < 1.29 is 26.0 Å². The number of hydrogen-bond acceptors (Lipinski definition) is 2. The Hall–Kier alpha value is 0.564. The topological polar surface area (TPSA) is 18.5 Å². The number of rotatable bonds is 0. The van der Waals surface area contributed by atoms with Gasteiger partial charge in [0.2, 0.25) is 0 Å². The summed E-state index contributed by atoms with van der Waals surface area (Å²) < 4.78 is 8.85. The van der Waals surface area contributed by atoms with Gasteiger partial charge in [-0.25, -0.2) is 0 Å². The van der Waals surface area contributed by atoms with Gasteiger partial charge < -0.3 is 0 Å². The van der Waals surface area contributed by atoms with Crippen molar-refractivity contribution >= 4 is 23.7 Å². The van der Waals surface area contributed by atoms with Gasteiger partial charge >= 0.3 is 46.4 Å². The Morgan fingerprint density at radius 2 is 1.75 bits per heavy atom. The Bertz CT molecular complexity index is 135. The quantitative estimate of drug-likeness (QED) is 0.657. The first-order valence-corrected chi connectivity index (χ1v) is 4.38. The molecule has 0 spiro atoms. The van der Waals surface area contributed by atoms with Crippen LogP contribution in [-0.2, 0) is 26.0 Å². The molecule has 0 saturated carbocycles. The first-order valence-electron chi connectivity index (χ1n) is 3.07. The Morgan fingerprint density at radius 3 is 1.83 bits per heavy atom. The molecule has 0 aromatic carbocycles. The minimum atomic E-state index is 1.14. The maximum atomic E-state index is 4.50. The maximum absolute atomic E-state index is 4.50. The summed E-state index contributed by atoms with van der Waals surface area (Å²) in [6.45, 7) is 0. The predicted octanol–water partition coefficient (Wildman–Crippen LogP) is 2.95. The van der Waals surface area contributed by atoms with Crippen LogP contribution in [0, 0.1) is 0 Å². The van der Waals surface area contributed by atoms with E-state index in [-0.39, 0.29) is 0 Å². The molecule has 70 valence electrons. The van der Waals surface area contributed by atoms with Crippen molar-refractivity contribution in [1.82, 2.24) is 0 Å². The van der Waals surface area contributed by atoms with Crippen molar-refractivity contribution in [2.24, 2.45) is 0 Å². The van der Waals surface area contributed by atoms with Crippen molar-refractivity contribution in [2.75, 3.05) is 14.2 Å². The molecule has 0 saturated heterocycles. The molecule has 0 aromatic heterocycles. The van der Waals surface area contributed by atoms with Crippen LogP contribution in [0.1, 0.15) is 6.42 Å². The third-order valence-corrected chi connectivity index (χ3v) is 1.27. The zero-order valence-electron chi connectivity index (χ0n) is 6.96. The molecule has 0 aliphatic heterocycles. The summed E-state index contributed by atoms with van der Waals surface area (Å²) in [6.07, 6.45) is 7.47. The van der Waals surface area contributed by atoms with Crippen LogP contribution in [-0.4, -0.2) is 14.2 Å². The fourth-order valence-corrected chi connectivity index (χ4v) is 0.735. The van der Waals surface area contributed by atoms with Crippen LogP contribution < -0.4 is 0 Å². The minimum absolute atomic E-state index is 1.14. The van der Waals surface area contributed by atoms with E-state index in [1.807, 2.05) is 0 Å². The van der Waals surface area contributed by atoms with Crippen molar-refractivity contribution in [1.29, 1.82) is 0 Å². The van der Waals surface area contributed by atoms with Gasteiger partial charge in [-0.2, -0.15) is 0 Å². The van der Waals surface area contributed by atoms with Gasteiger partial charge in [0, 0.05) is 0 Å². The SMILES string of the molecule is COCl.COCl.[V][C]1=CC=CC1. The molecular weight excluding hydrogens is 238 g/mol.